The summed E-state index contributed by atoms with van der Waals surface area (Å²) < 4.78 is 0. The van der Waals surface area contributed by atoms with Crippen LogP contribution in [0.2, 0.25) is 0 Å². The maximum absolute atomic E-state index is 11.9. The average Bonchev–Trinajstić information content (AvgIpc) is 2.92. The standard InChI is InChI=1S/C14H26N2O2/c1-11(2)3-5-15-6-4-13(9-15)16-8-12(10-17)7-14(16)18/h11-13,17H,3-10H2,1-2H3. The Labute approximate surface area is 110 Å². The van der Waals surface area contributed by atoms with E-state index in [9.17, 15) is 4.79 Å². The lowest BCUT2D eigenvalue weighted by Crippen LogP contribution is -2.39. The van der Waals surface area contributed by atoms with Gasteiger partial charge in [-0.3, -0.25) is 4.79 Å². The molecule has 1 N–H and O–H groups in total. The summed E-state index contributed by atoms with van der Waals surface area (Å²) >= 11 is 0. The zero-order valence-electron chi connectivity index (χ0n) is 11.6. The van der Waals surface area contributed by atoms with Crippen LogP contribution in [-0.4, -0.2) is 59.6 Å². The Morgan fingerprint density at radius 2 is 2.17 bits per heavy atom. The monoisotopic (exact) mass is 254 g/mol. The Morgan fingerprint density at radius 1 is 1.39 bits per heavy atom. The summed E-state index contributed by atoms with van der Waals surface area (Å²) in [5.74, 6) is 1.16. The first kappa shape index (κ1) is 13.8. The third-order valence-electron chi connectivity index (χ3n) is 4.21. The molecule has 4 nitrogen and oxygen atoms in total. The van der Waals surface area contributed by atoms with E-state index < -0.39 is 0 Å². The minimum absolute atomic E-state index is 0.145. The largest absolute Gasteiger partial charge is 0.396 e. The first-order valence-electron chi connectivity index (χ1n) is 7.22. The molecule has 0 saturated carbocycles. The molecule has 104 valence electrons. The Kier molecular flexibility index (Phi) is 4.62. The van der Waals surface area contributed by atoms with E-state index in [0.717, 1.165) is 38.5 Å². The predicted molar refractivity (Wildman–Crippen MR) is 71.2 cm³/mol. The minimum Gasteiger partial charge on any atom is -0.396 e. The van der Waals surface area contributed by atoms with Crippen LogP contribution in [0.3, 0.4) is 0 Å². The Morgan fingerprint density at radius 3 is 2.78 bits per heavy atom. The van der Waals surface area contributed by atoms with Crippen molar-refractivity contribution in [1.29, 1.82) is 0 Å². The summed E-state index contributed by atoms with van der Waals surface area (Å²) in [5, 5.41) is 9.15. The quantitative estimate of drug-likeness (QED) is 0.794. The number of carbonyl (C=O) groups is 1. The zero-order chi connectivity index (χ0) is 13.1. The van der Waals surface area contributed by atoms with Crippen LogP contribution in [0.5, 0.6) is 0 Å². The van der Waals surface area contributed by atoms with Crippen molar-refractivity contribution in [1.82, 2.24) is 9.80 Å². The number of hydrogen-bond donors (Lipinski definition) is 1. The molecule has 1 amide bonds. The minimum atomic E-state index is 0.145. The van der Waals surface area contributed by atoms with Gasteiger partial charge in [-0.05, 0) is 25.3 Å². The summed E-state index contributed by atoms with van der Waals surface area (Å²) in [6.07, 6.45) is 2.88. The SMILES string of the molecule is CC(C)CCN1CCC(N2CC(CO)CC2=O)C1. The van der Waals surface area contributed by atoms with Crippen molar-refractivity contribution in [2.24, 2.45) is 11.8 Å². The summed E-state index contributed by atoms with van der Waals surface area (Å²) in [6, 6.07) is 0.390. The molecule has 0 aliphatic carbocycles. The lowest BCUT2D eigenvalue weighted by molar-refractivity contribution is -0.129. The van der Waals surface area contributed by atoms with Gasteiger partial charge in [0.2, 0.25) is 5.91 Å². The second-order valence-electron chi connectivity index (χ2n) is 6.22. The van der Waals surface area contributed by atoms with E-state index in [4.69, 9.17) is 5.11 Å². The molecule has 4 heteroatoms. The van der Waals surface area contributed by atoms with E-state index >= 15 is 0 Å². The van der Waals surface area contributed by atoms with Crippen LogP contribution >= 0.6 is 0 Å². The van der Waals surface area contributed by atoms with Gasteiger partial charge in [0.15, 0.2) is 0 Å². The van der Waals surface area contributed by atoms with Gasteiger partial charge in [-0.2, -0.15) is 0 Å². The van der Waals surface area contributed by atoms with Crippen LogP contribution in [0.15, 0.2) is 0 Å². The molecule has 0 aromatic carbocycles. The molecular weight excluding hydrogens is 228 g/mol. The van der Waals surface area contributed by atoms with E-state index in [2.05, 4.69) is 18.7 Å². The van der Waals surface area contributed by atoms with E-state index in [1.54, 1.807) is 0 Å². The molecule has 18 heavy (non-hydrogen) atoms. The third kappa shape index (κ3) is 3.23. The highest BCUT2D eigenvalue weighted by molar-refractivity contribution is 5.79. The summed E-state index contributed by atoms with van der Waals surface area (Å²) in [6.45, 7) is 8.71. The smallest absolute Gasteiger partial charge is 0.223 e. The molecule has 2 rings (SSSR count). The number of nitrogens with zero attached hydrogens (tertiary/aromatic N) is 2. The number of rotatable bonds is 5. The van der Waals surface area contributed by atoms with Gasteiger partial charge in [0.1, 0.15) is 0 Å². The lowest BCUT2D eigenvalue weighted by Gasteiger charge is -2.25. The fraction of sp³-hybridized carbons (Fsp3) is 0.929. The molecule has 0 aromatic heterocycles. The van der Waals surface area contributed by atoms with Crippen molar-refractivity contribution in [2.75, 3.05) is 32.8 Å². The van der Waals surface area contributed by atoms with Crippen LogP contribution < -0.4 is 0 Å². The molecule has 2 unspecified atom stereocenters. The Hall–Kier alpha value is -0.610. The van der Waals surface area contributed by atoms with Gasteiger partial charge >= 0.3 is 0 Å². The molecule has 2 aliphatic rings. The number of amides is 1. The molecule has 2 saturated heterocycles. The van der Waals surface area contributed by atoms with Gasteiger partial charge in [0, 0.05) is 44.6 Å². The summed E-state index contributed by atoms with van der Waals surface area (Å²) in [7, 11) is 0. The first-order chi connectivity index (χ1) is 8.60. The molecule has 0 radical (unpaired) electrons. The van der Waals surface area contributed by atoms with Crippen molar-refractivity contribution < 1.29 is 9.90 Å². The Bertz CT molecular complexity index is 294. The van der Waals surface area contributed by atoms with Gasteiger partial charge in [-0.1, -0.05) is 13.8 Å². The summed E-state index contributed by atoms with van der Waals surface area (Å²) in [5.41, 5.74) is 0. The highest BCUT2D eigenvalue weighted by Crippen LogP contribution is 2.25. The fourth-order valence-electron chi connectivity index (χ4n) is 2.99. The van der Waals surface area contributed by atoms with E-state index in [1.807, 2.05) is 4.90 Å². The summed E-state index contributed by atoms with van der Waals surface area (Å²) in [4.78, 5) is 16.4. The van der Waals surface area contributed by atoms with Gasteiger partial charge in [0.05, 0.1) is 0 Å². The zero-order valence-corrected chi connectivity index (χ0v) is 11.6. The van der Waals surface area contributed by atoms with E-state index in [1.165, 1.54) is 6.42 Å². The van der Waals surface area contributed by atoms with Gasteiger partial charge < -0.3 is 14.9 Å². The average molecular weight is 254 g/mol. The molecule has 2 fully saturated rings. The molecule has 0 spiro atoms. The van der Waals surface area contributed by atoms with Crippen LogP contribution in [-0.2, 0) is 4.79 Å². The van der Waals surface area contributed by atoms with Gasteiger partial charge in [-0.25, -0.2) is 0 Å². The number of hydrogen-bond acceptors (Lipinski definition) is 3. The molecular formula is C14H26N2O2. The van der Waals surface area contributed by atoms with E-state index in [0.29, 0.717) is 12.5 Å². The Balaban J connectivity index is 1.80. The van der Waals surface area contributed by atoms with Gasteiger partial charge in [0.25, 0.3) is 0 Å². The third-order valence-corrected chi connectivity index (χ3v) is 4.21. The van der Waals surface area contributed by atoms with Crippen molar-refractivity contribution in [2.45, 2.75) is 39.2 Å². The van der Waals surface area contributed by atoms with Crippen molar-refractivity contribution >= 4 is 5.91 Å². The second kappa shape index (κ2) is 6.02. The fourth-order valence-corrected chi connectivity index (χ4v) is 2.99. The van der Waals surface area contributed by atoms with Crippen LogP contribution in [0, 0.1) is 11.8 Å². The van der Waals surface area contributed by atoms with Crippen molar-refractivity contribution in [3.05, 3.63) is 0 Å². The highest BCUT2D eigenvalue weighted by atomic mass is 16.3. The lowest BCUT2D eigenvalue weighted by atomic mass is 10.1. The number of aliphatic hydroxyl groups is 1. The van der Waals surface area contributed by atoms with Crippen molar-refractivity contribution in [3.63, 3.8) is 0 Å². The maximum atomic E-state index is 11.9. The first-order valence-corrected chi connectivity index (χ1v) is 7.22. The normalized spacial score (nSPS) is 29.8. The molecule has 2 heterocycles. The number of likely N-dealkylation sites (tertiary alicyclic amines) is 2. The van der Waals surface area contributed by atoms with Crippen LogP contribution in [0.1, 0.15) is 33.1 Å². The van der Waals surface area contributed by atoms with Crippen molar-refractivity contribution in [3.8, 4) is 0 Å². The second-order valence-corrected chi connectivity index (χ2v) is 6.22. The van der Waals surface area contributed by atoms with Crippen LogP contribution in [0.25, 0.3) is 0 Å². The maximum Gasteiger partial charge on any atom is 0.223 e. The topological polar surface area (TPSA) is 43.8 Å². The van der Waals surface area contributed by atoms with Crippen LogP contribution in [0.4, 0.5) is 0 Å². The predicted octanol–water partition coefficient (Wildman–Crippen LogP) is 0.948. The van der Waals surface area contributed by atoms with E-state index in [-0.39, 0.29) is 18.4 Å². The molecule has 0 bridgehead atoms. The molecule has 2 atom stereocenters. The van der Waals surface area contributed by atoms with Gasteiger partial charge in [-0.15, -0.1) is 0 Å². The number of aliphatic hydroxyl groups excluding tert-OH is 1. The molecule has 2 aliphatic heterocycles. The highest BCUT2D eigenvalue weighted by Gasteiger charge is 2.36. The number of carbonyl (C=O) groups excluding carboxylic acids is 1. The molecule has 0 aromatic rings.